The first kappa shape index (κ1) is 22.9. The SMILES string of the molecule is O=C(C=Cc1ccccc1)C1=C(O)C(=O)N(CCOCCO)C1c1ccc([N+](=O)[O-])cc1. The first-order chi connectivity index (χ1) is 15.4. The number of benzene rings is 2. The number of ether oxygens (including phenoxy) is 1. The molecule has 1 amide bonds. The van der Waals surface area contributed by atoms with Crippen LogP contribution in [0.5, 0.6) is 0 Å². The standard InChI is InChI=1S/C23H22N2O7/c26-13-15-32-14-12-24-21(17-7-9-18(10-8-17)25(30)31)20(22(28)23(24)29)19(27)11-6-16-4-2-1-3-5-16/h1-11,21,26,28H,12-15H2. The van der Waals surface area contributed by atoms with Gasteiger partial charge in [-0.15, -0.1) is 0 Å². The Balaban J connectivity index is 1.94. The largest absolute Gasteiger partial charge is 0.503 e. The van der Waals surface area contributed by atoms with E-state index in [2.05, 4.69) is 0 Å². The number of carbonyl (C=O) groups excluding carboxylic acids is 2. The van der Waals surface area contributed by atoms with Gasteiger partial charge in [0.15, 0.2) is 11.5 Å². The fourth-order valence-corrected chi connectivity index (χ4v) is 3.42. The van der Waals surface area contributed by atoms with E-state index in [0.29, 0.717) is 5.56 Å². The molecule has 0 bridgehead atoms. The molecule has 0 saturated carbocycles. The van der Waals surface area contributed by atoms with Crippen LogP contribution in [0.2, 0.25) is 0 Å². The molecule has 3 rings (SSSR count). The number of ketones is 1. The lowest BCUT2D eigenvalue weighted by Gasteiger charge is -2.26. The van der Waals surface area contributed by atoms with Crippen molar-refractivity contribution in [3.63, 3.8) is 0 Å². The highest BCUT2D eigenvalue weighted by molar-refractivity contribution is 6.14. The highest BCUT2D eigenvalue weighted by Gasteiger charge is 2.42. The highest BCUT2D eigenvalue weighted by atomic mass is 16.6. The van der Waals surface area contributed by atoms with E-state index in [9.17, 15) is 24.8 Å². The van der Waals surface area contributed by atoms with E-state index in [1.54, 1.807) is 18.2 Å². The van der Waals surface area contributed by atoms with Crippen LogP contribution in [0.25, 0.3) is 6.08 Å². The maximum absolute atomic E-state index is 13.0. The van der Waals surface area contributed by atoms with Crippen LogP contribution in [0.4, 0.5) is 5.69 Å². The molecule has 166 valence electrons. The number of nitro benzene ring substituents is 1. The average Bonchev–Trinajstić information content (AvgIpc) is 3.06. The number of carbonyl (C=O) groups is 2. The topological polar surface area (TPSA) is 130 Å². The van der Waals surface area contributed by atoms with Gasteiger partial charge >= 0.3 is 0 Å². The number of allylic oxidation sites excluding steroid dienone is 1. The first-order valence-electron chi connectivity index (χ1n) is 9.88. The Hall–Kier alpha value is -3.82. The molecule has 32 heavy (non-hydrogen) atoms. The number of nitro groups is 1. The third kappa shape index (κ3) is 5.08. The molecule has 9 nitrogen and oxygen atoms in total. The summed E-state index contributed by atoms with van der Waals surface area (Å²) in [6.07, 6.45) is 2.85. The molecule has 0 spiro atoms. The number of aliphatic hydroxyl groups is 2. The lowest BCUT2D eigenvalue weighted by atomic mass is 9.95. The number of non-ortho nitro benzene ring substituents is 1. The molecule has 1 heterocycles. The van der Waals surface area contributed by atoms with Crippen molar-refractivity contribution in [1.29, 1.82) is 0 Å². The molecule has 1 aliphatic heterocycles. The summed E-state index contributed by atoms with van der Waals surface area (Å²) in [6, 6.07) is 13.6. The summed E-state index contributed by atoms with van der Waals surface area (Å²) in [7, 11) is 0. The molecular weight excluding hydrogens is 416 g/mol. The predicted octanol–water partition coefficient (Wildman–Crippen LogP) is 2.58. The van der Waals surface area contributed by atoms with E-state index < -0.39 is 28.4 Å². The average molecular weight is 438 g/mol. The van der Waals surface area contributed by atoms with E-state index in [-0.39, 0.29) is 37.6 Å². The van der Waals surface area contributed by atoms with Crippen molar-refractivity contribution in [2.75, 3.05) is 26.4 Å². The normalized spacial score (nSPS) is 16.2. The molecule has 0 aromatic heterocycles. The zero-order valence-corrected chi connectivity index (χ0v) is 17.1. The van der Waals surface area contributed by atoms with Gasteiger partial charge in [-0.3, -0.25) is 19.7 Å². The van der Waals surface area contributed by atoms with Gasteiger partial charge in [0.25, 0.3) is 11.6 Å². The minimum Gasteiger partial charge on any atom is -0.503 e. The van der Waals surface area contributed by atoms with E-state index in [1.807, 2.05) is 18.2 Å². The second-order valence-electron chi connectivity index (χ2n) is 6.96. The Kier molecular flexibility index (Phi) is 7.48. The summed E-state index contributed by atoms with van der Waals surface area (Å²) >= 11 is 0. The summed E-state index contributed by atoms with van der Waals surface area (Å²) < 4.78 is 5.23. The quantitative estimate of drug-likeness (QED) is 0.252. The molecule has 1 atom stereocenters. The first-order valence-corrected chi connectivity index (χ1v) is 9.88. The van der Waals surface area contributed by atoms with Crippen LogP contribution >= 0.6 is 0 Å². The van der Waals surface area contributed by atoms with Crippen LogP contribution in [0.15, 0.2) is 72.0 Å². The number of amides is 1. The van der Waals surface area contributed by atoms with Gasteiger partial charge in [-0.1, -0.05) is 36.4 Å². The zero-order chi connectivity index (χ0) is 23.1. The van der Waals surface area contributed by atoms with Crippen molar-refractivity contribution in [3.05, 3.63) is 93.2 Å². The molecule has 1 unspecified atom stereocenters. The molecule has 0 aliphatic carbocycles. The Morgan fingerprint density at radius 3 is 2.44 bits per heavy atom. The molecule has 0 fully saturated rings. The van der Waals surface area contributed by atoms with Crippen molar-refractivity contribution < 1.29 is 29.5 Å². The van der Waals surface area contributed by atoms with Crippen molar-refractivity contribution in [3.8, 4) is 0 Å². The van der Waals surface area contributed by atoms with Gasteiger partial charge < -0.3 is 19.8 Å². The van der Waals surface area contributed by atoms with Gasteiger partial charge in [-0.25, -0.2) is 0 Å². The molecule has 1 aliphatic rings. The third-order valence-electron chi connectivity index (χ3n) is 4.93. The summed E-state index contributed by atoms with van der Waals surface area (Å²) in [5.41, 5.74) is 0.956. The molecular formula is C23H22N2O7. The zero-order valence-electron chi connectivity index (χ0n) is 17.1. The number of hydrogen-bond acceptors (Lipinski definition) is 7. The Labute approximate surface area is 184 Å². The van der Waals surface area contributed by atoms with Crippen LogP contribution in [0.1, 0.15) is 17.2 Å². The fraction of sp³-hybridized carbons (Fsp3) is 0.217. The maximum Gasteiger partial charge on any atom is 0.290 e. The lowest BCUT2D eigenvalue weighted by Crippen LogP contribution is -2.34. The molecule has 9 heteroatoms. The monoisotopic (exact) mass is 438 g/mol. The van der Waals surface area contributed by atoms with Gasteiger partial charge in [-0.05, 0) is 29.3 Å². The number of rotatable bonds is 10. The minimum absolute atomic E-state index is 0.0454. The smallest absolute Gasteiger partial charge is 0.290 e. The fourth-order valence-electron chi connectivity index (χ4n) is 3.42. The summed E-state index contributed by atoms with van der Waals surface area (Å²) in [4.78, 5) is 37.5. The summed E-state index contributed by atoms with van der Waals surface area (Å²) in [5, 5.41) is 30.4. The van der Waals surface area contributed by atoms with Crippen molar-refractivity contribution in [2.24, 2.45) is 0 Å². The van der Waals surface area contributed by atoms with Crippen molar-refractivity contribution in [2.45, 2.75) is 6.04 Å². The van der Waals surface area contributed by atoms with E-state index in [4.69, 9.17) is 9.84 Å². The van der Waals surface area contributed by atoms with Gasteiger partial charge in [0.2, 0.25) is 0 Å². The Morgan fingerprint density at radius 1 is 1.12 bits per heavy atom. The maximum atomic E-state index is 13.0. The van der Waals surface area contributed by atoms with E-state index in [0.717, 1.165) is 5.56 Å². The molecule has 2 aromatic carbocycles. The summed E-state index contributed by atoms with van der Waals surface area (Å²) in [6.45, 7) is 0.0145. The van der Waals surface area contributed by atoms with Gasteiger partial charge in [0, 0.05) is 18.7 Å². The number of nitrogens with zero attached hydrogens (tertiary/aromatic N) is 2. The second kappa shape index (κ2) is 10.5. The van der Waals surface area contributed by atoms with Crippen LogP contribution < -0.4 is 0 Å². The predicted molar refractivity (Wildman–Crippen MR) is 116 cm³/mol. The summed E-state index contributed by atoms with van der Waals surface area (Å²) in [5.74, 6) is -1.96. The molecule has 0 radical (unpaired) electrons. The highest BCUT2D eigenvalue weighted by Crippen LogP contribution is 2.38. The van der Waals surface area contributed by atoms with Crippen LogP contribution in [-0.4, -0.2) is 58.1 Å². The number of hydrogen-bond donors (Lipinski definition) is 2. The molecule has 0 saturated heterocycles. The second-order valence-corrected chi connectivity index (χ2v) is 6.96. The van der Waals surface area contributed by atoms with E-state index in [1.165, 1.54) is 35.2 Å². The molecule has 2 aromatic rings. The Morgan fingerprint density at radius 2 is 1.81 bits per heavy atom. The van der Waals surface area contributed by atoms with Crippen LogP contribution in [0.3, 0.4) is 0 Å². The van der Waals surface area contributed by atoms with E-state index >= 15 is 0 Å². The van der Waals surface area contributed by atoms with Gasteiger partial charge in [-0.2, -0.15) is 0 Å². The number of aliphatic hydroxyl groups excluding tert-OH is 2. The van der Waals surface area contributed by atoms with Crippen molar-refractivity contribution in [1.82, 2.24) is 4.90 Å². The van der Waals surface area contributed by atoms with Crippen LogP contribution in [0, 0.1) is 10.1 Å². The van der Waals surface area contributed by atoms with Gasteiger partial charge in [0.1, 0.15) is 0 Å². The lowest BCUT2D eigenvalue weighted by molar-refractivity contribution is -0.384. The van der Waals surface area contributed by atoms with Gasteiger partial charge in [0.05, 0.1) is 36.4 Å². The molecule has 2 N–H and O–H groups in total. The van der Waals surface area contributed by atoms with Crippen LogP contribution in [-0.2, 0) is 14.3 Å². The third-order valence-corrected chi connectivity index (χ3v) is 4.93. The minimum atomic E-state index is -0.936. The van der Waals surface area contributed by atoms with Crippen molar-refractivity contribution >= 4 is 23.5 Å². The Bertz CT molecular complexity index is 1050.